The third kappa shape index (κ3) is 3.76. The van der Waals surface area contributed by atoms with Crippen LogP contribution in [0.15, 0.2) is 24.5 Å². The summed E-state index contributed by atoms with van der Waals surface area (Å²) in [6.07, 6.45) is 8.36. The summed E-state index contributed by atoms with van der Waals surface area (Å²) in [5.41, 5.74) is 1.17. The molecule has 108 valence electrons. The van der Waals surface area contributed by atoms with Crippen LogP contribution in [0.25, 0.3) is 0 Å². The fourth-order valence-electron chi connectivity index (χ4n) is 2.57. The summed E-state index contributed by atoms with van der Waals surface area (Å²) in [5.74, 6) is 0.00742. The van der Waals surface area contributed by atoms with E-state index >= 15 is 0 Å². The Morgan fingerprint density at radius 3 is 3.10 bits per heavy atom. The number of thiocarbonyl (C=S) groups is 1. The van der Waals surface area contributed by atoms with Crippen molar-refractivity contribution in [2.75, 3.05) is 6.54 Å². The van der Waals surface area contributed by atoms with Crippen LogP contribution in [-0.2, 0) is 4.79 Å². The summed E-state index contributed by atoms with van der Waals surface area (Å²) in [4.78, 5) is 18.0. The largest absolute Gasteiger partial charge is 0.342 e. The van der Waals surface area contributed by atoms with Crippen molar-refractivity contribution in [3.05, 3.63) is 30.1 Å². The van der Waals surface area contributed by atoms with Gasteiger partial charge in [-0.05, 0) is 49.5 Å². The lowest BCUT2D eigenvalue weighted by molar-refractivity contribution is -0.119. The number of nitrogens with zero attached hydrogens (tertiary/aromatic N) is 2. The maximum atomic E-state index is 11.7. The van der Waals surface area contributed by atoms with Crippen molar-refractivity contribution in [1.82, 2.24) is 15.2 Å². The molecule has 5 heteroatoms. The number of hydrogen-bond acceptors (Lipinski definition) is 3. The zero-order chi connectivity index (χ0) is 14.4. The van der Waals surface area contributed by atoms with Crippen LogP contribution >= 0.6 is 12.2 Å². The summed E-state index contributed by atoms with van der Waals surface area (Å²) < 4.78 is 0. The van der Waals surface area contributed by atoms with Gasteiger partial charge in [0.1, 0.15) is 0 Å². The van der Waals surface area contributed by atoms with E-state index in [0.717, 1.165) is 25.8 Å². The molecule has 1 aromatic rings. The topological polar surface area (TPSA) is 45.2 Å². The lowest BCUT2D eigenvalue weighted by Crippen LogP contribution is -2.46. The second kappa shape index (κ2) is 7.33. The van der Waals surface area contributed by atoms with Crippen LogP contribution in [0.2, 0.25) is 0 Å². The Kier molecular flexibility index (Phi) is 5.47. The first-order chi connectivity index (χ1) is 9.72. The first-order valence-corrected chi connectivity index (χ1v) is 7.63. The van der Waals surface area contributed by atoms with E-state index in [1.54, 1.807) is 6.20 Å². The van der Waals surface area contributed by atoms with Crippen molar-refractivity contribution in [1.29, 1.82) is 0 Å². The SMILES string of the molecule is CCCC(=O)NC(=S)N1CCCC[C@@H]1c1cccnc1. The third-order valence-electron chi connectivity index (χ3n) is 3.56. The third-order valence-corrected chi connectivity index (χ3v) is 3.89. The minimum Gasteiger partial charge on any atom is -0.342 e. The molecular weight excluding hydrogens is 270 g/mol. The summed E-state index contributed by atoms with van der Waals surface area (Å²) in [6, 6.07) is 4.25. The van der Waals surface area contributed by atoms with Crippen molar-refractivity contribution in [3.8, 4) is 0 Å². The molecule has 1 aliphatic rings. The minimum absolute atomic E-state index is 0.00742. The van der Waals surface area contributed by atoms with Crippen LogP contribution < -0.4 is 5.32 Å². The van der Waals surface area contributed by atoms with E-state index in [1.165, 1.54) is 12.0 Å². The molecule has 4 nitrogen and oxygen atoms in total. The van der Waals surface area contributed by atoms with Crippen LogP contribution in [0.1, 0.15) is 50.6 Å². The van der Waals surface area contributed by atoms with Crippen LogP contribution in [0, 0.1) is 0 Å². The van der Waals surface area contributed by atoms with E-state index in [1.807, 2.05) is 19.2 Å². The van der Waals surface area contributed by atoms with Gasteiger partial charge in [0.05, 0.1) is 6.04 Å². The fraction of sp³-hybridized carbons (Fsp3) is 0.533. The maximum absolute atomic E-state index is 11.7. The van der Waals surface area contributed by atoms with E-state index in [9.17, 15) is 4.79 Å². The molecule has 1 aliphatic heterocycles. The molecule has 1 N–H and O–H groups in total. The van der Waals surface area contributed by atoms with Gasteiger partial charge in [-0.2, -0.15) is 0 Å². The summed E-state index contributed by atoms with van der Waals surface area (Å²) in [7, 11) is 0. The lowest BCUT2D eigenvalue weighted by Gasteiger charge is -2.37. The average molecular weight is 291 g/mol. The summed E-state index contributed by atoms with van der Waals surface area (Å²) in [6.45, 7) is 2.88. The number of aromatic nitrogens is 1. The molecule has 0 saturated carbocycles. The van der Waals surface area contributed by atoms with Crippen molar-refractivity contribution >= 4 is 23.2 Å². The second-order valence-electron chi connectivity index (χ2n) is 5.09. The van der Waals surface area contributed by atoms with Gasteiger partial charge in [-0.25, -0.2) is 0 Å². The number of rotatable bonds is 3. The summed E-state index contributed by atoms with van der Waals surface area (Å²) >= 11 is 5.42. The second-order valence-corrected chi connectivity index (χ2v) is 5.48. The number of hydrogen-bond donors (Lipinski definition) is 1. The Balaban J connectivity index is 2.07. The lowest BCUT2D eigenvalue weighted by atomic mass is 9.97. The van der Waals surface area contributed by atoms with Crippen molar-refractivity contribution in [2.24, 2.45) is 0 Å². The molecule has 1 atom stereocenters. The molecule has 0 unspecified atom stereocenters. The van der Waals surface area contributed by atoms with Crippen LogP contribution in [0.5, 0.6) is 0 Å². The maximum Gasteiger partial charge on any atom is 0.226 e. The van der Waals surface area contributed by atoms with Gasteiger partial charge >= 0.3 is 0 Å². The first-order valence-electron chi connectivity index (χ1n) is 7.22. The van der Waals surface area contributed by atoms with E-state index in [4.69, 9.17) is 12.2 Å². The predicted octanol–water partition coefficient (Wildman–Crippen LogP) is 2.81. The Morgan fingerprint density at radius 2 is 2.40 bits per heavy atom. The Bertz CT molecular complexity index is 463. The zero-order valence-corrected chi connectivity index (χ0v) is 12.7. The molecule has 0 spiro atoms. The Labute approximate surface area is 125 Å². The highest BCUT2D eigenvalue weighted by Crippen LogP contribution is 2.30. The molecule has 0 radical (unpaired) electrons. The highest BCUT2D eigenvalue weighted by molar-refractivity contribution is 7.80. The van der Waals surface area contributed by atoms with Gasteiger partial charge in [0.15, 0.2) is 5.11 Å². The van der Waals surface area contributed by atoms with Gasteiger partial charge in [0.2, 0.25) is 5.91 Å². The van der Waals surface area contributed by atoms with Gasteiger partial charge in [0.25, 0.3) is 0 Å². The Morgan fingerprint density at radius 1 is 1.55 bits per heavy atom. The van der Waals surface area contributed by atoms with Crippen molar-refractivity contribution in [2.45, 2.75) is 45.1 Å². The standard InChI is InChI=1S/C15H21N3OS/c1-2-6-14(19)17-15(20)18-10-4-3-8-13(18)12-7-5-9-16-11-12/h5,7,9,11,13H,2-4,6,8,10H2,1H3,(H,17,19,20)/t13-/m1/s1. The van der Waals surface area contributed by atoms with Crippen LogP contribution in [-0.4, -0.2) is 27.4 Å². The summed E-state index contributed by atoms with van der Waals surface area (Å²) in [5, 5.41) is 3.40. The zero-order valence-electron chi connectivity index (χ0n) is 11.8. The van der Waals surface area contributed by atoms with Crippen LogP contribution in [0.4, 0.5) is 0 Å². The molecule has 20 heavy (non-hydrogen) atoms. The highest BCUT2D eigenvalue weighted by atomic mass is 32.1. The molecule has 1 saturated heterocycles. The number of piperidine rings is 1. The van der Waals surface area contributed by atoms with Gasteiger partial charge < -0.3 is 10.2 Å². The molecule has 1 fully saturated rings. The molecule has 2 heterocycles. The molecule has 0 aliphatic carbocycles. The van der Waals surface area contributed by atoms with Gasteiger partial charge in [0, 0.05) is 25.4 Å². The average Bonchev–Trinajstić information content (AvgIpc) is 2.48. The quantitative estimate of drug-likeness (QED) is 0.870. The van der Waals surface area contributed by atoms with E-state index in [0.29, 0.717) is 11.5 Å². The highest BCUT2D eigenvalue weighted by Gasteiger charge is 2.26. The molecule has 0 aromatic carbocycles. The molecule has 1 amide bonds. The van der Waals surface area contributed by atoms with Gasteiger partial charge in [-0.1, -0.05) is 13.0 Å². The van der Waals surface area contributed by atoms with E-state index < -0.39 is 0 Å². The first kappa shape index (κ1) is 14.9. The normalized spacial score (nSPS) is 18.6. The number of nitrogens with one attached hydrogen (secondary N) is 1. The number of carbonyl (C=O) groups excluding carboxylic acids is 1. The van der Waals surface area contributed by atoms with E-state index in [-0.39, 0.29) is 11.9 Å². The molecule has 1 aromatic heterocycles. The number of pyridine rings is 1. The predicted molar refractivity (Wildman–Crippen MR) is 83.2 cm³/mol. The Hall–Kier alpha value is -1.49. The van der Waals surface area contributed by atoms with E-state index in [2.05, 4.69) is 21.3 Å². The number of likely N-dealkylation sites (tertiary alicyclic amines) is 1. The molecular formula is C15H21N3OS. The minimum atomic E-state index is 0.00742. The van der Waals surface area contributed by atoms with Crippen molar-refractivity contribution < 1.29 is 4.79 Å². The van der Waals surface area contributed by atoms with Gasteiger partial charge in [-0.3, -0.25) is 9.78 Å². The smallest absolute Gasteiger partial charge is 0.226 e. The van der Waals surface area contributed by atoms with Gasteiger partial charge in [-0.15, -0.1) is 0 Å². The van der Waals surface area contributed by atoms with Crippen LogP contribution in [0.3, 0.4) is 0 Å². The fourth-order valence-corrected chi connectivity index (χ4v) is 2.91. The molecule has 2 rings (SSSR count). The monoisotopic (exact) mass is 291 g/mol. The van der Waals surface area contributed by atoms with Crippen molar-refractivity contribution in [3.63, 3.8) is 0 Å². The molecule has 0 bridgehead atoms. The number of amides is 1. The number of carbonyl (C=O) groups is 1.